The van der Waals surface area contributed by atoms with Crippen LogP contribution in [0.3, 0.4) is 0 Å². The molecule has 0 aromatic rings. The Kier molecular flexibility index (Phi) is 9.17. The van der Waals surface area contributed by atoms with Gasteiger partial charge in [-0.3, -0.25) is 0 Å². The number of ether oxygens (including phenoxy) is 1. The maximum absolute atomic E-state index is 5.45. The first-order valence-corrected chi connectivity index (χ1v) is 4.82. The molecule has 0 aliphatic rings. The molecule has 56 valence electrons. The van der Waals surface area contributed by atoms with Crippen LogP contribution in [0.15, 0.2) is 0 Å². The summed E-state index contributed by atoms with van der Waals surface area (Å²) in [6.45, 7) is 3.69. The molecule has 0 heterocycles. The molecular weight excluding hydrogens is 156 g/mol. The Morgan fingerprint density at radius 3 is 2.78 bits per heavy atom. The molecule has 0 N–H and O–H groups in total. The van der Waals surface area contributed by atoms with Gasteiger partial charge in [0, 0.05) is 24.0 Å². The second-order valence-corrected chi connectivity index (χ2v) is 3.10. The Balaban J connectivity index is 2.60. The summed E-state index contributed by atoms with van der Waals surface area (Å²) in [6, 6.07) is 0. The van der Waals surface area contributed by atoms with E-state index in [1.54, 1.807) is 0 Å². The van der Waals surface area contributed by atoms with E-state index in [1.165, 1.54) is 0 Å². The van der Waals surface area contributed by atoms with Crippen molar-refractivity contribution >= 4 is 23.4 Å². The van der Waals surface area contributed by atoms with Crippen molar-refractivity contribution in [1.82, 2.24) is 0 Å². The Labute approximate surface area is 66.1 Å². The lowest BCUT2D eigenvalue weighted by molar-refractivity contribution is 0.164. The first-order valence-electron chi connectivity index (χ1n) is 3.13. The molecular formula is C6H13ClOS. The largest absolute Gasteiger partial charge is 0.381 e. The maximum atomic E-state index is 5.45. The van der Waals surface area contributed by atoms with Gasteiger partial charge in [-0.2, -0.15) is 11.8 Å². The van der Waals surface area contributed by atoms with Gasteiger partial charge in [0.2, 0.25) is 0 Å². The van der Waals surface area contributed by atoms with Crippen LogP contribution in [-0.4, -0.2) is 30.6 Å². The quantitative estimate of drug-likeness (QED) is 0.443. The van der Waals surface area contributed by atoms with E-state index < -0.39 is 0 Å². The van der Waals surface area contributed by atoms with Gasteiger partial charge < -0.3 is 4.74 Å². The lowest BCUT2D eigenvalue weighted by atomic mass is 10.8. The van der Waals surface area contributed by atoms with Crippen molar-refractivity contribution < 1.29 is 4.74 Å². The summed E-state index contributed by atoms with van der Waals surface area (Å²) < 4.78 is 5.12. The molecule has 0 aromatic carbocycles. The van der Waals surface area contributed by atoms with Gasteiger partial charge in [0.1, 0.15) is 0 Å². The molecule has 0 unspecified atom stereocenters. The number of rotatable bonds is 6. The molecule has 0 amide bonds. The first-order chi connectivity index (χ1) is 4.41. The van der Waals surface area contributed by atoms with E-state index in [4.69, 9.17) is 16.3 Å². The summed E-state index contributed by atoms with van der Waals surface area (Å²) in [5, 5.41) is 0. The van der Waals surface area contributed by atoms with Crippen molar-refractivity contribution in [3.63, 3.8) is 0 Å². The van der Waals surface area contributed by atoms with Crippen LogP contribution >= 0.6 is 23.4 Å². The second kappa shape index (κ2) is 8.60. The molecule has 0 spiro atoms. The van der Waals surface area contributed by atoms with Crippen LogP contribution in [0.2, 0.25) is 0 Å². The van der Waals surface area contributed by atoms with Crippen molar-refractivity contribution in [2.24, 2.45) is 0 Å². The molecule has 0 aromatic heterocycles. The van der Waals surface area contributed by atoms with Crippen molar-refractivity contribution in [3.8, 4) is 0 Å². The molecule has 0 aliphatic carbocycles. The molecule has 0 bridgehead atoms. The van der Waals surface area contributed by atoms with E-state index in [1.807, 2.05) is 18.7 Å². The minimum Gasteiger partial charge on any atom is -0.381 e. The fourth-order valence-electron chi connectivity index (χ4n) is 0.419. The van der Waals surface area contributed by atoms with Gasteiger partial charge in [-0.15, -0.1) is 11.6 Å². The smallest absolute Gasteiger partial charge is 0.0556 e. The Morgan fingerprint density at radius 1 is 1.44 bits per heavy atom. The zero-order chi connectivity index (χ0) is 6.95. The van der Waals surface area contributed by atoms with Crippen LogP contribution in [0.25, 0.3) is 0 Å². The molecule has 9 heavy (non-hydrogen) atoms. The predicted molar refractivity (Wildman–Crippen MR) is 44.5 cm³/mol. The lowest BCUT2D eigenvalue weighted by Gasteiger charge is -1.98. The van der Waals surface area contributed by atoms with E-state index in [-0.39, 0.29) is 0 Å². The molecule has 0 atom stereocenters. The number of halogens is 1. The SMILES string of the molecule is CCOCCSCCCl. The molecule has 0 fully saturated rings. The first kappa shape index (κ1) is 9.60. The van der Waals surface area contributed by atoms with Crippen LogP contribution < -0.4 is 0 Å². The highest BCUT2D eigenvalue weighted by Gasteiger charge is 1.85. The molecule has 0 saturated heterocycles. The van der Waals surface area contributed by atoms with Crippen molar-refractivity contribution in [2.45, 2.75) is 6.92 Å². The highest BCUT2D eigenvalue weighted by atomic mass is 35.5. The van der Waals surface area contributed by atoms with Gasteiger partial charge in [-0.25, -0.2) is 0 Å². The number of hydrogen-bond acceptors (Lipinski definition) is 2. The zero-order valence-electron chi connectivity index (χ0n) is 5.73. The molecule has 0 radical (unpaired) electrons. The van der Waals surface area contributed by atoms with Gasteiger partial charge in [0.05, 0.1) is 6.61 Å². The summed E-state index contributed by atoms with van der Waals surface area (Å²) in [6.07, 6.45) is 0. The highest BCUT2D eigenvalue weighted by Crippen LogP contribution is 1.99. The third-order valence-corrected chi connectivity index (χ3v) is 2.16. The van der Waals surface area contributed by atoms with E-state index in [9.17, 15) is 0 Å². The van der Waals surface area contributed by atoms with E-state index in [2.05, 4.69) is 0 Å². The molecule has 3 heteroatoms. The highest BCUT2D eigenvalue weighted by molar-refractivity contribution is 7.99. The van der Waals surface area contributed by atoms with Gasteiger partial charge >= 0.3 is 0 Å². The Bertz CT molecular complexity index is 46.3. The standard InChI is InChI=1S/C6H13ClOS/c1-2-8-4-6-9-5-3-7/h2-6H2,1H3. The van der Waals surface area contributed by atoms with Crippen LogP contribution in [-0.2, 0) is 4.74 Å². The van der Waals surface area contributed by atoms with Crippen LogP contribution in [0.1, 0.15) is 6.92 Å². The summed E-state index contributed by atoms with van der Waals surface area (Å²) in [5.74, 6) is 2.85. The van der Waals surface area contributed by atoms with E-state index >= 15 is 0 Å². The number of hydrogen-bond donors (Lipinski definition) is 0. The predicted octanol–water partition coefficient (Wildman–Crippen LogP) is 1.99. The summed E-state index contributed by atoms with van der Waals surface area (Å²) in [7, 11) is 0. The maximum Gasteiger partial charge on any atom is 0.0556 e. The summed E-state index contributed by atoms with van der Waals surface area (Å²) in [4.78, 5) is 0. The summed E-state index contributed by atoms with van der Waals surface area (Å²) in [5.41, 5.74) is 0. The topological polar surface area (TPSA) is 9.23 Å². The van der Waals surface area contributed by atoms with Crippen LogP contribution in [0.5, 0.6) is 0 Å². The lowest BCUT2D eigenvalue weighted by Crippen LogP contribution is -1.96. The summed E-state index contributed by atoms with van der Waals surface area (Å²) >= 11 is 7.29. The van der Waals surface area contributed by atoms with Gasteiger partial charge in [-0.05, 0) is 6.92 Å². The Morgan fingerprint density at radius 2 is 2.22 bits per heavy atom. The minimum atomic E-state index is 0.747. The number of thioether (sulfide) groups is 1. The number of alkyl halides is 1. The minimum absolute atomic E-state index is 0.747. The van der Waals surface area contributed by atoms with E-state index in [0.717, 1.165) is 30.6 Å². The van der Waals surface area contributed by atoms with Crippen LogP contribution in [0.4, 0.5) is 0 Å². The van der Waals surface area contributed by atoms with E-state index in [0.29, 0.717) is 0 Å². The molecule has 0 aliphatic heterocycles. The van der Waals surface area contributed by atoms with Gasteiger partial charge in [0.25, 0.3) is 0 Å². The average molecular weight is 169 g/mol. The van der Waals surface area contributed by atoms with Gasteiger partial charge in [0.15, 0.2) is 0 Å². The zero-order valence-corrected chi connectivity index (χ0v) is 7.30. The molecule has 0 rings (SSSR count). The van der Waals surface area contributed by atoms with Crippen molar-refractivity contribution in [2.75, 3.05) is 30.6 Å². The second-order valence-electron chi connectivity index (χ2n) is 1.50. The average Bonchev–Trinajstić information content (AvgIpc) is 1.89. The van der Waals surface area contributed by atoms with Crippen molar-refractivity contribution in [3.05, 3.63) is 0 Å². The molecule has 1 nitrogen and oxygen atoms in total. The Hall–Kier alpha value is 0.600. The van der Waals surface area contributed by atoms with Crippen molar-refractivity contribution in [1.29, 1.82) is 0 Å². The fraction of sp³-hybridized carbons (Fsp3) is 1.00. The van der Waals surface area contributed by atoms with Gasteiger partial charge in [-0.1, -0.05) is 0 Å². The normalized spacial score (nSPS) is 10.0. The monoisotopic (exact) mass is 168 g/mol. The van der Waals surface area contributed by atoms with Crippen LogP contribution in [0, 0.1) is 0 Å². The third-order valence-electron chi connectivity index (χ3n) is 0.798. The third kappa shape index (κ3) is 8.60. The fourth-order valence-corrected chi connectivity index (χ4v) is 1.30. The molecule has 0 saturated carbocycles.